The van der Waals surface area contributed by atoms with E-state index in [-0.39, 0.29) is 62.8 Å². The molecule has 4 aromatic carbocycles. The van der Waals surface area contributed by atoms with Crippen molar-refractivity contribution in [3.63, 3.8) is 0 Å². The maximum atomic E-state index is 14.1. The summed E-state index contributed by atoms with van der Waals surface area (Å²) in [4.78, 5) is 60.1. The van der Waals surface area contributed by atoms with E-state index < -0.39 is 46.2 Å². The largest absolute Gasteiger partial charge is 0.491 e. The first-order valence-corrected chi connectivity index (χ1v) is 24.2. The number of rotatable bonds is 17. The summed E-state index contributed by atoms with van der Waals surface area (Å²) in [5.74, 6) is 0.488. The SMILES string of the molecule is Cc1nccn1-c1ccc([C@H](C)NC(=O)[C@@H]2C[C@@H](O)CN2C(=O)C(NC(=O)COCCOc2ccc(-c3ccc(C(=O)N[C@H]4C(C)(C)[C@H](Oc5ccc(C#N)c(Cl)c5)C4(C)C)cc3)cc2)C(C)(C)C)cc1. The maximum Gasteiger partial charge on any atom is 0.251 e. The normalized spacial score (nSPS) is 19.9. The molecule has 4 amide bonds. The highest BCUT2D eigenvalue weighted by Gasteiger charge is 2.64. The van der Waals surface area contributed by atoms with Gasteiger partial charge in [-0.2, -0.15) is 5.26 Å². The Morgan fingerprint density at radius 1 is 0.901 bits per heavy atom. The summed E-state index contributed by atoms with van der Waals surface area (Å²) < 4.78 is 19.8. The summed E-state index contributed by atoms with van der Waals surface area (Å²) in [6, 6.07) is 27.3. The number of halogens is 1. The number of aromatic nitrogens is 2. The molecule has 4 atom stereocenters. The second kappa shape index (κ2) is 21.3. The quantitative estimate of drug-likeness (QED) is 0.0669. The number of ether oxygens (including phenoxy) is 3. The van der Waals surface area contributed by atoms with Crippen LogP contribution >= 0.6 is 11.6 Å². The number of aliphatic hydroxyl groups is 1. The van der Waals surface area contributed by atoms with Crippen LogP contribution < -0.4 is 25.4 Å². The fourth-order valence-electron chi connectivity index (χ4n) is 10.0. The molecule has 1 aliphatic carbocycles. The second-order valence-corrected chi connectivity index (χ2v) is 21.1. The third-order valence-electron chi connectivity index (χ3n) is 13.6. The molecule has 15 nitrogen and oxygen atoms in total. The number of likely N-dealkylation sites (tertiary alicyclic amines) is 1. The number of carbonyl (C=O) groups excluding carboxylic acids is 4. The molecular formula is C55H64ClN7O8. The predicted octanol–water partition coefficient (Wildman–Crippen LogP) is 7.75. The van der Waals surface area contributed by atoms with Crippen molar-refractivity contribution in [2.75, 3.05) is 26.4 Å². The van der Waals surface area contributed by atoms with E-state index in [0.29, 0.717) is 27.6 Å². The van der Waals surface area contributed by atoms with Gasteiger partial charge in [0.2, 0.25) is 17.7 Å². The van der Waals surface area contributed by atoms with Crippen LogP contribution in [-0.4, -0.2) is 99.9 Å². The van der Waals surface area contributed by atoms with Gasteiger partial charge in [-0.15, -0.1) is 0 Å². The molecule has 16 heteroatoms. The van der Waals surface area contributed by atoms with Crippen molar-refractivity contribution < 1.29 is 38.5 Å². The minimum atomic E-state index is -0.997. The fraction of sp³-hybridized carbons (Fsp3) is 0.418. The highest BCUT2D eigenvalue weighted by atomic mass is 35.5. The number of carbonyl (C=O) groups is 4. The number of nitriles is 1. The van der Waals surface area contributed by atoms with Crippen LogP contribution in [0, 0.1) is 34.5 Å². The van der Waals surface area contributed by atoms with Crippen molar-refractivity contribution in [2.45, 2.75) is 105 Å². The van der Waals surface area contributed by atoms with E-state index in [1.165, 1.54) is 4.90 Å². The molecule has 374 valence electrons. The Morgan fingerprint density at radius 2 is 1.54 bits per heavy atom. The number of nitrogens with one attached hydrogen (secondary N) is 3. The summed E-state index contributed by atoms with van der Waals surface area (Å²) in [7, 11) is 0. The van der Waals surface area contributed by atoms with Crippen molar-refractivity contribution in [1.29, 1.82) is 5.26 Å². The predicted molar refractivity (Wildman–Crippen MR) is 270 cm³/mol. The molecule has 0 bridgehead atoms. The van der Waals surface area contributed by atoms with Crippen LogP contribution in [0.5, 0.6) is 11.5 Å². The van der Waals surface area contributed by atoms with Gasteiger partial charge in [-0.25, -0.2) is 4.98 Å². The number of aryl methyl sites for hydroxylation is 1. The third kappa shape index (κ3) is 11.7. The van der Waals surface area contributed by atoms with Gasteiger partial charge in [-0.3, -0.25) is 19.2 Å². The monoisotopic (exact) mass is 985 g/mol. The third-order valence-corrected chi connectivity index (χ3v) is 13.9. The van der Waals surface area contributed by atoms with Crippen LogP contribution in [0.4, 0.5) is 0 Å². The summed E-state index contributed by atoms with van der Waals surface area (Å²) in [5.41, 5.74) is 3.05. The first-order chi connectivity index (χ1) is 33.6. The number of nitrogens with zero attached hydrogens (tertiary/aromatic N) is 4. The number of amides is 4. The molecule has 2 fully saturated rings. The molecule has 1 saturated heterocycles. The van der Waals surface area contributed by atoms with Gasteiger partial charge in [0.1, 0.15) is 54.8 Å². The van der Waals surface area contributed by atoms with Crippen molar-refractivity contribution in [1.82, 2.24) is 30.4 Å². The average Bonchev–Trinajstić information content (AvgIpc) is 3.96. The maximum absolute atomic E-state index is 14.1. The van der Waals surface area contributed by atoms with Crippen LogP contribution in [0.3, 0.4) is 0 Å². The van der Waals surface area contributed by atoms with Crippen LogP contribution in [0.15, 0.2) is 103 Å². The fourth-order valence-corrected chi connectivity index (χ4v) is 10.3. The second-order valence-electron chi connectivity index (χ2n) is 20.7. The Labute approximate surface area is 420 Å². The summed E-state index contributed by atoms with van der Waals surface area (Å²) in [6.45, 7) is 17.4. The number of benzene rings is 4. The van der Waals surface area contributed by atoms with Crippen molar-refractivity contribution >= 4 is 35.2 Å². The Kier molecular flexibility index (Phi) is 15.6. The molecular weight excluding hydrogens is 922 g/mol. The molecule has 4 N–H and O–H groups in total. The average molecular weight is 987 g/mol. The van der Waals surface area contributed by atoms with Gasteiger partial charge in [0.25, 0.3) is 5.91 Å². The van der Waals surface area contributed by atoms with Crippen LogP contribution in [-0.2, 0) is 19.1 Å². The Morgan fingerprint density at radius 3 is 2.13 bits per heavy atom. The lowest BCUT2D eigenvalue weighted by Gasteiger charge is -2.63. The smallest absolute Gasteiger partial charge is 0.251 e. The van der Waals surface area contributed by atoms with E-state index >= 15 is 0 Å². The highest BCUT2D eigenvalue weighted by Crippen LogP contribution is 2.55. The van der Waals surface area contributed by atoms with E-state index in [1.54, 1.807) is 36.5 Å². The summed E-state index contributed by atoms with van der Waals surface area (Å²) in [6.07, 6.45) is 2.57. The molecule has 0 spiro atoms. The van der Waals surface area contributed by atoms with E-state index in [4.69, 9.17) is 25.8 Å². The van der Waals surface area contributed by atoms with Gasteiger partial charge in [0.05, 0.1) is 29.3 Å². The van der Waals surface area contributed by atoms with Crippen molar-refractivity contribution in [3.05, 3.63) is 131 Å². The zero-order valence-electron chi connectivity index (χ0n) is 41.8. The van der Waals surface area contributed by atoms with E-state index in [2.05, 4.69) is 54.7 Å². The Balaban J connectivity index is 0.847. The van der Waals surface area contributed by atoms with Gasteiger partial charge in [-0.05, 0) is 84.5 Å². The molecule has 0 radical (unpaired) electrons. The molecule has 1 saturated carbocycles. The standard InChI is InChI=1S/C55H64ClN7O8/c1-33(35-14-19-40(20-15-35)62-25-24-58-34(62)2)59-49(67)45-28-41(64)31-63(45)50(68)47(53(3,4)5)60-46(65)32-69-26-27-70-42-21-16-37(17-22-42)36-10-12-38(13-11-36)48(66)61-51-54(6,7)52(55(51,8)9)71-43-23-18-39(30-57)44(56)29-43/h10-25,29,33,41,45,47,51-52,64H,26-28,31-32H2,1-9H3,(H,59,67)(H,60,65)(H,61,66)/t33-,41+,45-,47?,51-,52-/m0/s1. The number of hydrogen-bond donors (Lipinski definition) is 4. The van der Waals surface area contributed by atoms with Gasteiger partial charge in [0, 0.05) is 59.5 Å². The molecule has 2 heterocycles. The minimum Gasteiger partial charge on any atom is -0.491 e. The summed E-state index contributed by atoms with van der Waals surface area (Å²) in [5, 5.41) is 29.3. The molecule has 5 aromatic rings. The van der Waals surface area contributed by atoms with Gasteiger partial charge >= 0.3 is 0 Å². The van der Waals surface area contributed by atoms with Crippen molar-refractivity contribution in [2.24, 2.45) is 16.2 Å². The zero-order chi connectivity index (χ0) is 51.4. The first kappa shape index (κ1) is 52.1. The van der Waals surface area contributed by atoms with E-state index in [1.807, 2.05) is 106 Å². The summed E-state index contributed by atoms with van der Waals surface area (Å²) >= 11 is 6.25. The number of aliphatic hydroxyl groups excluding tert-OH is 1. The topological polar surface area (TPSA) is 197 Å². The molecule has 71 heavy (non-hydrogen) atoms. The van der Waals surface area contributed by atoms with Crippen LogP contribution in [0.1, 0.15) is 95.2 Å². The van der Waals surface area contributed by atoms with Gasteiger partial charge < -0.3 is 44.7 Å². The molecule has 1 unspecified atom stereocenters. The Bertz CT molecular complexity index is 2740. The highest BCUT2D eigenvalue weighted by molar-refractivity contribution is 6.31. The zero-order valence-corrected chi connectivity index (χ0v) is 42.5. The van der Waals surface area contributed by atoms with Gasteiger partial charge in [-0.1, -0.05) is 96.5 Å². The lowest BCUT2D eigenvalue weighted by atomic mass is 9.49. The van der Waals surface area contributed by atoms with Gasteiger partial charge in [0.15, 0.2) is 0 Å². The molecule has 1 aromatic heterocycles. The molecule has 1 aliphatic heterocycles. The number of β-amino-alcohol motifs (C(OH)–C–C–N with tert-alkyl or cyclic N) is 1. The lowest BCUT2D eigenvalue weighted by Crippen LogP contribution is -2.74. The molecule has 2 aliphatic rings. The van der Waals surface area contributed by atoms with E-state index in [9.17, 15) is 29.5 Å². The van der Waals surface area contributed by atoms with Crippen LogP contribution in [0.2, 0.25) is 5.02 Å². The minimum absolute atomic E-state index is 0.0380. The lowest BCUT2D eigenvalue weighted by molar-refractivity contribution is -0.164. The molecule has 7 rings (SSSR count). The Hall–Kier alpha value is -6.73. The first-order valence-electron chi connectivity index (χ1n) is 23.8. The number of imidazole rings is 1. The van der Waals surface area contributed by atoms with Crippen LogP contribution in [0.25, 0.3) is 16.8 Å². The van der Waals surface area contributed by atoms with E-state index in [0.717, 1.165) is 28.2 Å². The van der Waals surface area contributed by atoms with Crippen molar-refractivity contribution in [3.8, 4) is 34.4 Å². The number of hydrogen-bond acceptors (Lipinski definition) is 10.